The number of nitrogens with zero attached hydrogens (tertiary/aromatic N) is 1. The molecular formula is C48H39AuClNO2P+. The Labute approximate surface area is 334 Å². The Bertz CT molecular complexity index is 2340. The molecule has 270 valence electrons. The van der Waals surface area contributed by atoms with Gasteiger partial charge in [-0.3, -0.25) is 9.05 Å². The zero-order chi connectivity index (χ0) is 37.0. The Morgan fingerprint density at radius 1 is 0.463 bits per heavy atom. The van der Waals surface area contributed by atoms with Crippen LogP contribution in [0.2, 0.25) is 0 Å². The minimum atomic E-state index is -2.28. The molecule has 8 aromatic carbocycles. The molecule has 0 aromatic heterocycles. The Balaban J connectivity index is 0.00000203. The van der Waals surface area contributed by atoms with Crippen molar-refractivity contribution in [1.29, 1.82) is 0 Å². The zero-order valence-electron chi connectivity index (χ0n) is 29.9. The van der Waals surface area contributed by atoms with Crippen molar-refractivity contribution in [2.45, 2.75) is 25.9 Å². The molecule has 0 amide bonds. The summed E-state index contributed by atoms with van der Waals surface area (Å²) < 4.78 is 17.7. The number of hydrogen-bond donors (Lipinski definition) is 0. The van der Waals surface area contributed by atoms with Crippen LogP contribution in [-0.2, 0) is 20.0 Å². The van der Waals surface area contributed by atoms with Gasteiger partial charge >= 0.3 is 37.7 Å². The van der Waals surface area contributed by atoms with Crippen LogP contribution >= 0.6 is 17.7 Å². The van der Waals surface area contributed by atoms with Gasteiger partial charge in [0.1, 0.15) is 0 Å². The maximum absolute atomic E-state index is 7.61. The predicted molar refractivity (Wildman–Crippen MR) is 225 cm³/mol. The van der Waals surface area contributed by atoms with Gasteiger partial charge in [-0.15, -0.1) is 4.67 Å². The van der Waals surface area contributed by atoms with E-state index < -0.39 is 8.53 Å². The van der Waals surface area contributed by atoms with E-state index in [-0.39, 0.29) is 12.1 Å². The molecule has 8 aromatic rings. The summed E-state index contributed by atoms with van der Waals surface area (Å²) in [4.78, 5) is 0. The van der Waals surface area contributed by atoms with Crippen LogP contribution in [0, 0.1) is 0 Å². The first-order chi connectivity index (χ1) is 26.7. The van der Waals surface area contributed by atoms with Crippen LogP contribution in [0.1, 0.15) is 37.1 Å². The summed E-state index contributed by atoms with van der Waals surface area (Å²) in [6.07, 6.45) is 0. The summed E-state index contributed by atoms with van der Waals surface area (Å²) in [7, 11) is 2.30. The molecule has 0 aliphatic carbocycles. The molecule has 0 saturated carbocycles. The third-order valence-electron chi connectivity index (χ3n) is 10.4. The average Bonchev–Trinajstić information content (AvgIpc) is 3.43. The van der Waals surface area contributed by atoms with Gasteiger partial charge in [0.2, 0.25) is 0 Å². The Hall–Kier alpha value is -4.70. The van der Waals surface area contributed by atoms with E-state index in [9.17, 15) is 0 Å². The van der Waals surface area contributed by atoms with Gasteiger partial charge in [0.15, 0.2) is 11.5 Å². The SMILES string of the molecule is C[C@@H](c1ccccc1)N([C@@H](C)c1ccccc1)[PH+]1Oc2c(c(-c3ccccc3)cc3ccccc23)-c2c(-c3ccccc3)cc3ccccc3c2O1.[Cl][Au]. The van der Waals surface area contributed by atoms with E-state index in [1.165, 1.54) is 11.1 Å². The third-order valence-corrected chi connectivity index (χ3v) is 12.4. The second kappa shape index (κ2) is 16.3. The summed E-state index contributed by atoms with van der Waals surface area (Å²) in [5.41, 5.74) is 9.05. The second-order valence-corrected chi connectivity index (χ2v) is 14.9. The standard InChI is InChI=1S/C48H38NO2P.Au.ClH/c1-33(35-19-7-3-8-20-35)49(34(2)36-21-9-4-10-22-36)52-50-47-41-29-17-15-27-39(41)31-43(37-23-11-5-12-24-37)45(47)46-44(38-25-13-6-14-26-38)32-40-28-16-18-30-42(40)48(46)51-52;;/h3-34H,1-2H3;;1H/q;+1;/t33-,34-;;/m0../s1. The van der Waals surface area contributed by atoms with Gasteiger partial charge in [-0.25, -0.2) is 0 Å². The molecule has 0 unspecified atom stereocenters. The monoisotopic (exact) mass is 924 g/mol. The fourth-order valence-corrected chi connectivity index (χ4v) is 9.72. The van der Waals surface area contributed by atoms with E-state index in [0.29, 0.717) is 0 Å². The van der Waals surface area contributed by atoms with Gasteiger partial charge in [0.25, 0.3) is 0 Å². The molecule has 0 saturated heterocycles. The molecule has 0 radical (unpaired) electrons. The molecule has 1 aliphatic heterocycles. The number of hydrogen-bond acceptors (Lipinski definition) is 3. The Morgan fingerprint density at radius 3 is 1.19 bits per heavy atom. The second-order valence-electron chi connectivity index (χ2n) is 13.5. The van der Waals surface area contributed by atoms with Gasteiger partial charge in [-0.05, 0) is 70.1 Å². The van der Waals surface area contributed by atoms with E-state index in [1.54, 1.807) is 20.0 Å². The van der Waals surface area contributed by atoms with Crippen LogP contribution < -0.4 is 9.05 Å². The van der Waals surface area contributed by atoms with Crippen molar-refractivity contribution >= 4 is 39.3 Å². The van der Waals surface area contributed by atoms with Crippen molar-refractivity contribution in [3.63, 3.8) is 0 Å². The first kappa shape index (κ1) is 36.3. The van der Waals surface area contributed by atoms with Crippen molar-refractivity contribution in [3.05, 3.63) is 193 Å². The van der Waals surface area contributed by atoms with Crippen molar-refractivity contribution in [2.24, 2.45) is 0 Å². The summed E-state index contributed by atoms with van der Waals surface area (Å²) >= 11 is 1.75. The van der Waals surface area contributed by atoms with E-state index in [2.05, 4.69) is 210 Å². The molecule has 6 heteroatoms. The molecule has 54 heavy (non-hydrogen) atoms. The van der Waals surface area contributed by atoms with Gasteiger partial charge in [0, 0.05) is 21.9 Å². The number of halogens is 1. The van der Waals surface area contributed by atoms with Crippen molar-refractivity contribution < 1.29 is 29.0 Å². The normalized spacial score (nSPS) is 13.4. The number of fused-ring (bicyclic) bond motifs is 7. The molecule has 3 nitrogen and oxygen atoms in total. The molecule has 1 aliphatic rings. The van der Waals surface area contributed by atoms with Crippen LogP contribution in [0.4, 0.5) is 0 Å². The van der Waals surface area contributed by atoms with Gasteiger partial charge in [-0.1, -0.05) is 170 Å². The van der Waals surface area contributed by atoms with Crippen LogP contribution in [0.15, 0.2) is 182 Å². The molecule has 0 fully saturated rings. The molecular weight excluding hydrogens is 886 g/mol. The van der Waals surface area contributed by atoms with E-state index >= 15 is 0 Å². The summed E-state index contributed by atoms with van der Waals surface area (Å²) in [6.45, 7) is 4.56. The summed E-state index contributed by atoms with van der Waals surface area (Å²) in [5.74, 6) is 1.73. The Kier molecular flexibility index (Phi) is 11.0. The fourth-order valence-electron chi connectivity index (χ4n) is 7.76. The van der Waals surface area contributed by atoms with Crippen molar-refractivity contribution in [2.75, 3.05) is 0 Å². The van der Waals surface area contributed by atoms with E-state index in [1.807, 2.05) is 0 Å². The van der Waals surface area contributed by atoms with Crippen LogP contribution in [0.25, 0.3) is 54.9 Å². The molecule has 9 rings (SSSR count). The quantitative estimate of drug-likeness (QED) is 0.117. The van der Waals surface area contributed by atoms with Gasteiger partial charge in [-0.2, -0.15) is 0 Å². The number of benzene rings is 8. The fraction of sp³-hybridized carbons (Fsp3) is 0.0833. The zero-order valence-corrected chi connectivity index (χ0v) is 33.8. The molecule has 0 N–H and O–H groups in total. The Morgan fingerprint density at radius 2 is 0.796 bits per heavy atom. The van der Waals surface area contributed by atoms with Crippen LogP contribution in [0.5, 0.6) is 11.5 Å². The van der Waals surface area contributed by atoms with E-state index in [4.69, 9.17) is 9.05 Å². The molecule has 0 bridgehead atoms. The molecule has 2 atom stereocenters. The summed E-state index contributed by atoms with van der Waals surface area (Å²) in [5, 5.41) is 4.40. The first-order valence-corrected chi connectivity index (χ1v) is 22.1. The predicted octanol–water partition coefficient (Wildman–Crippen LogP) is 14.2. The molecule has 1 heterocycles. The van der Waals surface area contributed by atoms with E-state index in [0.717, 1.165) is 66.4 Å². The maximum atomic E-state index is 7.61. The summed E-state index contributed by atoms with van der Waals surface area (Å²) in [6, 6.07) is 64.8. The van der Waals surface area contributed by atoms with Gasteiger partial charge in [0.05, 0.1) is 12.1 Å². The van der Waals surface area contributed by atoms with Crippen LogP contribution in [0.3, 0.4) is 0 Å². The first-order valence-electron chi connectivity index (χ1n) is 18.1. The van der Waals surface area contributed by atoms with Crippen LogP contribution in [-0.4, -0.2) is 4.67 Å². The van der Waals surface area contributed by atoms with Gasteiger partial charge < -0.3 is 0 Å². The number of rotatable bonds is 7. The molecule has 0 spiro atoms. The topological polar surface area (TPSA) is 21.7 Å². The average molecular weight is 925 g/mol. The third kappa shape index (κ3) is 6.89. The minimum absolute atomic E-state index is 0.0116. The van der Waals surface area contributed by atoms with Crippen molar-refractivity contribution in [3.8, 4) is 44.9 Å². The van der Waals surface area contributed by atoms with Crippen molar-refractivity contribution in [1.82, 2.24) is 4.67 Å².